The van der Waals surface area contributed by atoms with Crippen LogP contribution in [0.1, 0.15) is 42.6 Å². The molecule has 2 aromatic heterocycles. The van der Waals surface area contributed by atoms with Crippen LogP contribution in [0.2, 0.25) is 0 Å². The van der Waals surface area contributed by atoms with Gasteiger partial charge in [-0.25, -0.2) is 13.8 Å². The van der Waals surface area contributed by atoms with Crippen molar-refractivity contribution in [3.05, 3.63) is 81.6 Å². The monoisotopic (exact) mass is 573 g/mol. The van der Waals surface area contributed by atoms with E-state index in [-0.39, 0.29) is 30.5 Å². The predicted octanol–water partition coefficient (Wildman–Crippen LogP) is 4.82. The summed E-state index contributed by atoms with van der Waals surface area (Å²) in [7, 11) is 0. The van der Waals surface area contributed by atoms with Crippen molar-refractivity contribution in [3.63, 3.8) is 0 Å². The van der Waals surface area contributed by atoms with Crippen LogP contribution in [0.25, 0.3) is 28.0 Å². The van der Waals surface area contributed by atoms with E-state index >= 15 is 0 Å². The Morgan fingerprint density at radius 3 is 2.48 bits per heavy atom. The lowest BCUT2D eigenvalue weighted by Crippen LogP contribution is -2.25. The average molecular weight is 574 g/mol. The molecule has 0 aliphatic rings. The lowest BCUT2D eigenvalue weighted by atomic mass is 9.99. The van der Waals surface area contributed by atoms with Crippen molar-refractivity contribution >= 4 is 22.9 Å². The number of benzene rings is 2. The van der Waals surface area contributed by atoms with E-state index in [4.69, 9.17) is 10.2 Å². The number of nitrogens with zero attached hydrogens (tertiary/aromatic N) is 5. The van der Waals surface area contributed by atoms with Gasteiger partial charge in [0.05, 0.1) is 18.2 Å². The summed E-state index contributed by atoms with van der Waals surface area (Å²) in [6.45, 7) is 9.47. The SMILES string of the molecule is CCN(CC)CCCNc1nc(-c2cc(C(=O)NCCC#N)ccc2C)c2ccc(=O)n(-c3c(F)cccc3F)c2n1. The molecule has 0 atom stereocenters. The number of rotatable bonds is 12. The first-order valence-electron chi connectivity index (χ1n) is 13.9. The highest BCUT2D eigenvalue weighted by atomic mass is 19.1. The summed E-state index contributed by atoms with van der Waals surface area (Å²) in [6.07, 6.45) is 0.966. The average Bonchev–Trinajstić information content (AvgIpc) is 2.98. The van der Waals surface area contributed by atoms with Crippen LogP contribution in [-0.4, -0.2) is 58.1 Å². The molecule has 42 heavy (non-hydrogen) atoms. The van der Waals surface area contributed by atoms with Crippen molar-refractivity contribution in [2.45, 2.75) is 33.6 Å². The van der Waals surface area contributed by atoms with Crippen molar-refractivity contribution in [2.75, 3.05) is 38.0 Å². The molecular formula is C31H33F2N7O2. The van der Waals surface area contributed by atoms with E-state index < -0.39 is 22.9 Å². The normalized spacial score (nSPS) is 11.1. The molecule has 0 radical (unpaired) electrons. The number of carbonyl (C=O) groups excluding carboxylic acids is 1. The number of halogens is 2. The van der Waals surface area contributed by atoms with Gasteiger partial charge in [-0.1, -0.05) is 26.0 Å². The van der Waals surface area contributed by atoms with Gasteiger partial charge in [-0.05, 0) is 68.9 Å². The molecule has 2 heterocycles. The van der Waals surface area contributed by atoms with Gasteiger partial charge in [-0.2, -0.15) is 10.2 Å². The third-order valence-corrected chi connectivity index (χ3v) is 7.02. The van der Waals surface area contributed by atoms with Crippen LogP contribution in [0.15, 0.2) is 53.3 Å². The van der Waals surface area contributed by atoms with Crippen molar-refractivity contribution in [2.24, 2.45) is 0 Å². The quantitative estimate of drug-likeness (QED) is 0.234. The number of aromatic nitrogens is 3. The molecule has 0 fully saturated rings. The van der Waals surface area contributed by atoms with E-state index in [2.05, 4.69) is 34.4 Å². The lowest BCUT2D eigenvalue weighted by Gasteiger charge is -2.18. The summed E-state index contributed by atoms with van der Waals surface area (Å²) in [5, 5.41) is 15.1. The van der Waals surface area contributed by atoms with E-state index in [1.165, 1.54) is 18.2 Å². The lowest BCUT2D eigenvalue weighted by molar-refractivity contribution is 0.0954. The maximum Gasteiger partial charge on any atom is 0.256 e. The standard InChI is InChI=1S/C31H33F2N7O2/c1-4-39(5-2)18-8-17-36-31-37-27(23-19-21(12-11-20(23)3)30(42)35-16-7-15-34)22-13-14-26(41)40(29(22)38-31)28-24(32)9-6-10-25(28)33/h6,9-14,19H,4-5,7-8,16-18H2,1-3H3,(H,35,42)(H,36,37,38). The first-order valence-corrected chi connectivity index (χ1v) is 13.9. The Morgan fingerprint density at radius 1 is 1.05 bits per heavy atom. The van der Waals surface area contributed by atoms with Crippen LogP contribution in [0.3, 0.4) is 0 Å². The first kappa shape index (κ1) is 30.3. The van der Waals surface area contributed by atoms with Crippen molar-refractivity contribution in [1.29, 1.82) is 5.26 Å². The molecular weight excluding hydrogens is 540 g/mol. The van der Waals surface area contributed by atoms with Gasteiger partial charge < -0.3 is 15.5 Å². The minimum Gasteiger partial charge on any atom is -0.354 e. The van der Waals surface area contributed by atoms with Gasteiger partial charge in [0.1, 0.15) is 17.3 Å². The molecule has 0 aliphatic carbocycles. The molecule has 0 saturated heterocycles. The second kappa shape index (κ2) is 13.8. The molecule has 1 amide bonds. The highest BCUT2D eigenvalue weighted by molar-refractivity contribution is 5.98. The molecule has 2 aromatic carbocycles. The largest absolute Gasteiger partial charge is 0.354 e. The molecule has 0 aliphatic heterocycles. The Morgan fingerprint density at radius 2 is 1.79 bits per heavy atom. The van der Waals surface area contributed by atoms with Gasteiger partial charge in [-0.15, -0.1) is 0 Å². The number of carbonyl (C=O) groups is 1. The summed E-state index contributed by atoms with van der Waals surface area (Å²) in [5.41, 5.74) is 0.930. The smallest absolute Gasteiger partial charge is 0.256 e. The second-order valence-electron chi connectivity index (χ2n) is 9.71. The Balaban J connectivity index is 1.89. The fraction of sp³-hybridized carbons (Fsp3) is 0.323. The van der Waals surface area contributed by atoms with Gasteiger partial charge in [0.25, 0.3) is 11.5 Å². The van der Waals surface area contributed by atoms with Crippen molar-refractivity contribution in [3.8, 4) is 23.0 Å². The fourth-order valence-corrected chi connectivity index (χ4v) is 4.71. The molecule has 0 bridgehead atoms. The zero-order chi connectivity index (χ0) is 30.2. The third-order valence-electron chi connectivity index (χ3n) is 7.02. The minimum absolute atomic E-state index is 0.0195. The number of amides is 1. The predicted molar refractivity (Wildman–Crippen MR) is 159 cm³/mol. The highest BCUT2D eigenvalue weighted by Gasteiger charge is 2.21. The number of nitrogens with one attached hydrogen (secondary N) is 2. The number of para-hydroxylation sites is 1. The molecule has 4 aromatic rings. The zero-order valence-electron chi connectivity index (χ0n) is 23.9. The zero-order valence-corrected chi connectivity index (χ0v) is 23.9. The van der Waals surface area contributed by atoms with E-state index in [0.29, 0.717) is 28.8 Å². The van der Waals surface area contributed by atoms with E-state index in [0.717, 1.165) is 48.3 Å². The summed E-state index contributed by atoms with van der Waals surface area (Å²) < 4.78 is 30.8. The molecule has 0 unspecified atom stereocenters. The molecule has 0 saturated carbocycles. The Bertz CT molecular complexity index is 1670. The number of hydrogen-bond acceptors (Lipinski definition) is 7. The number of anilines is 1. The highest BCUT2D eigenvalue weighted by Crippen LogP contribution is 2.31. The molecule has 2 N–H and O–H groups in total. The van der Waals surface area contributed by atoms with E-state index in [9.17, 15) is 18.4 Å². The second-order valence-corrected chi connectivity index (χ2v) is 9.71. The summed E-state index contributed by atoms with van der Waals surface area (Å²) in [4.78, 5) is 37.5. The summed E-state index contributed by atoms with van der Waals surface area (Å²) in [5.74, 6) is -2.00. The van der Waals surface area contributed by atoms with Crippen LogP contribution in [-0.2, 0) is 0 Å². The topological polar surface area (TPSA) is 116 Å². The maximum atomic E-state index is 15.0. The van der Waals surface area contributed by atoms with Crippen molar-refractivity contribution in [1.82, 2.24) is 24.8 Å². The Kier molecular flexibility index (Phi) is 9.93. The molecule has 0 spiro atoms. The number of pyridine rings is 1. The maximum absolute atomic E-state index is 15.0. The Labute approximate surface area is 242 Å². The minimum atomic E-state index is -0.911. The van der Waals surface area contributed by atoms with Gasteiger partial charge in [0.2, 0.25) is 5.95 Å². The van der Waals surface area contributed by atoms with Gasteiger partial charge >= 0.3 is 0 Å². The third kappa shape index (κ3) is 6.61. The van der Waals surface area contributed by atoms with Crippen LogP contribution < -0.4 is 16.2 Å². The molecule has 11 heteroatoms. The summed E-state index contributed by atoms with van der Waals surface area (Å²) >= 11 is 0. The van der Waals surface area contributed by atoms with Crippen molar-refractivity contribution < 1.29 is 13.6 Å². The van der Waals surface area contributed by atoms with Crippen LogP contribution in [0.4, 0.5) is 14.7 Å². The number of fused-ring (bicyclic) bond motifs is 1. The summed E-state index contributed by atoms with van der Waals surface area (Å²) in [6, 6.07) is 13.2. The number of nitriles is 1. The van der Waals surface area contributed by atoms with Crippen LogP contribution in [0, 0.1) is 29.9 Å². The van der Waals surface area contributed by atoms with E-state index in [1.54, 1.807) is 18.2 Å². The number of aryl methyl sites for hydroxylation is 1. The number of hydrogen-bond donors (Lipinski definition) is 2. The van der Waals surface area contributed by atoms with Crippen LogP contribution >= 0.6 is 0 Å². The Hall–Kier alpha value is -4.69. The molecule has 9 nitrogen and oxygen atoms in total. The first-order chi connectivity index (χ1) is 20.3. The van der Waals surface area contributed by atoms with E-state index in [1.807, 2.05) is 13.0 Å². The molecule has 4 rings (SSSR count). The molecule has 218 valence electrons. The van der Waals surface area contributed by atoms with Gasteiger partial charge in [0.15, 0.2) is 5.65 Å². The van der Waals surface area contributed by atoms with Gasteiger partial charge in [-0.3, -0.25) is 14.2 Å². The van der Waals surface area contributed by atoms with Crippen LogP contribution in [0.5, 0.6) is 0 Å². The van der Waals surface area contributed by atoms with Gasteiger partial charge in [0, 0.05) is 35.7 Å². The fourth-order valence-electron chi connectivity index (χ4n) is 4.71.